The van der Waals surface area contributed by atoms with Crippen molar-refractivity contribution in [1.82, 2.24) is 20.0 Å². The molecule has 6 heteroatoms. The molecule has 2 aromatic rings. The van der Waals surface area contributed by atoms with Crippen LogP contribution in [0.1, 0.15) is 50.0 Å². The Morgan fingerprint density at radius 1 is 1.44 bits per heavy atom. The molecular formula is C12H19N5S. The van der Waals surface area contributed by atoms with Crippen LogP contribution in [0, 0.1) is 0 Å². The van der Waals surface area contributed by atoms with Gasteiger partial charge in [0.25, 0.3) is 0 Å². The second-order valence-corrected chi connectivity index (χ2v) is 6.24. The maximum atomic E-state index is 5.98. The molecule has 2 aromatic heterocycles. The molecule has 2 rings (SSSR count). The summed E-state index contributed by atoms with van der Waals surface area (Å²) in [4.78, 5) is 4.58. The van der Waals surface area contributed by atoms with E-state index in [0.29, 0.717) is 12.5 Å². The van der Waals surface area contributed by atoms with Crippen LogP contribution < -0.4 is 5.73 Å². The molecule has 0 amide bonds. The van der Waals surface area contributed by atoms with Crippen molar-refractivity contribution in [3.05, 3.63) is 28.0 Å². The van der Waals surface area contributed by atoms with Gasteiger partial charge < -0.3 is 5.73 Å². The lowest BCUT2D eigenvalue weighted by Gasteiger charge is -2.13. The Morgan fingerprint density at radius 3 is 2.67 bits per heavy atom. The zero-order valence-corrected chi connectivity index (χ0v) is 12.0. The first-order valence-electron chi connectivity index (χ1n) is 6.00. The Bertz CT molecular complexity index is 521. The van der Waals surface area contributed by atoms with E-state index in [9.17, 15) is 0 Å². The van der Waals surface area contributed by atoms with Crippen LogP contribution in [0.3, 0.4) is 0 Å². The third-order valence-corrected chi connectivity index (χ3v) is 3.78. The number of thiazole rings is 1. The molecule has 2 heterocycles. The molecule has 0 saturated heterocycles. The van der Waals surface area contributed by atoms with Crippen LogP contribution in [0.25, 0.3) is 0 Å². The summed E-state index contributed by atoms with van der Waals surface area (Å²) in [6.07, 6.45) is 1.88. The van der Waals surface area contributed by atoms with Crippen molar-refractivity contribution in [1.29, 1.82) is 0 Å². The predicted octanol–water partition coefficient (Wildman–Crippen LogP) is 2.10. The highest BCUT2D eigenvalue weighted by Crippen LogP contribution is 2.20. The number of nitrogens with zero attached hydrogens (tertiary/aromatic N) is 4. The molecule has 0 aliphatic heterocycles. The monoisotopic (exact) mass is 265 g/mol. The molecule has 0 fully saturated rings. The van der Waals surface area contributed by atoms with E-state index in [1.165, 1.54) is 0 Å². The number of hydrogen-bond acceptors (Lipinski definition) is 5. The molecule has 0 radical (unpaired) electrons. The fraction of sp³-hybridized carbons (Fsp3) is 0.583. The van der Waals surface area contributed by atoms with E-state index in [0.717, 1.165) is 16.4 Å². The van der Waals surface area contributed by atoms with Gasteiger partial charge in [-0.15, -0.1) is 16.4 Å². The van der Waals surface area contributed by atoms with Crippen molar-refractivity contribution in [2.24, 2.45) is 5.73 Å². The van der Waals surface area contributed by atoms with E-state index in [1.54, 1.807) is 16.0 Å². The van der Waals surface area contributed by atoms with Crippen LogP contribution in [-0.2, 0) is 12.1 Å². The Hall–Kier alpha value is -1.27. The van der Waals surface area contributed by atoms with E-state index in [1.807, 2.05) is 20.0 Å². The zero-order chi connectivity index (χ0) is 13.3. The average molecular weight is 265 g/mol. The van der Waals surface area contributed by atoms with E-state index >= 15 is 0 Å². The van der Waals surface area contributed by atoms with Crippen LogP contribution in [0.15, 0.2) is 11.6 Å². The highest BCUT2D eigenvalue weighted by atomic mass is 32.1. The summed E-state index contributed by atoms with van der Waals surface area (Å²) in [5.41, 5.74) is 7.34. The van der Waals surface area contributed by atoms with Crippen molar-refractivity contribution in [2.75, 3.05) is 0 Å². The quantitative estimate of drug-likeness (QED) is 0.919. The smallest absolute Gasteiger partial charge is 0.102 e. The molecule has 0 aromatic carbocycles. The second kappa shape index (κ2) is 4.78. The van der Waals surface area contributed by atoms with Crippen LogP contribution in [0.2, 0.25) is 0 Å². The van der Waals surface area contributed by atoms with Gasteiger partial charge in [-0.2, -0.15) is 0 Å². The van der Waals surface area contributed by atoms with Gasteiger partial charge in [0.05, 0.1) is 29.0 Å². The summed E-state index contributed by atoms with van der Waals surface area (Å²) in [5, 5.41) is 11.4. The van der Waals surface area contributed by atoms with Gasteiger partial charge in [0.15, 0.2) is 0 Å². The molecular weight excluding hydrogens is 246 g/mol. The van der Waals surface area contributed by atoms with Crippen LogP contribution >= 0.6 is 11.3 Å². The Labute approximate surface area is 111 Å². The molecule has 18 heavy (non-hydrogen) atoms. The molecule has 0 spiro atoms. The highest BCUT2D eigenvalue weighted by molar-refractivity contribution is 7.09. The molecule has 98 valence electrons. The largest absolute Gasteiger partial charge is 0.320 e. The maximum Gasteiger partial charge on any atom is 0.102 e. The highest BCUT2D eigenvalue weighted by Gasteiger charge is 2.18. The first-order valence-corrected chi connectivity index (χ1v) is 6.88. The van der Waals surface area contributed by atoms with E-state index in [-0.39, 0.29) is 0 Å². The van der Waals surface area contributed by atoms with Gasteiger partial charge in [-0.25, -0.2) is 9.67 Å². The lowest BCUT2D eigenvalue weighted by molar-refractivity contribution is 0.533. The molecule has 0 bridgehead atoms. The van der Waals surface area contributed by atoms with Crippen LogP contribution in [-0.4, -0.2) is 20.0 Å². The lowest BCUT2D eigenvalue weighted by atomic mass is 10.0. The fourth-order valence-corrected chi connectivity index (χ4v) is 2.32. The van der Waals surface area contributed by atoms with Crippen molar-refractivity contribution < 1.29 is 0 Å². The van der Waals surface area contributed by atoms with Crippen molar-refractivity contribution in [2.45, 2.75) is 45.7 Å². The van der Waals surface area contributed by atoms with Crippen LogP contribution in [0.4, 0.5) is 0 Å². The van der Waals surface area contributed by atoms with E-state index in [4.69, 9.17) is 5.73 Å². The number of aromatic nitrogens is 4. The molecule has 0 atom stereocenters. The average Bonchev–Trinajstić information content (AvgIpc) is 2.85. The van der Waals surface area contributed by atoms with Gasteiger partial charge in [0, 0.05) is 11.3 Å². The molecule has 2 N–H and O–H groups in total. The summed E-state index contributed by atoms with van der Waals surface area (Å²) in [6.45, 7) is 8.77. The zero-order valence-electron chi connectivity index (χ0n) is 11.2. The number of hydrogen-bond donors (Lipinski definition) is 1. The Kier molecular flexibility index (Phi) is 3.49. The van der Waals surface area contributed by atoms with Crippen molar-refractivity contribution in [3.8, 4) is 0 Å². The van der Waals surface area contributed by atoms with Gasteiger partial charge in [-0.05, 0) is 13.8 Å². The van der Waals surface area contributed by atoms with Crippen LogP contribution in [0.5, 0.6) is 0 Å². The topological polar surface area (TPSA) is 69.6 Å². The molecule has 0 aliphatic carbocycles. The first-order chi connectivity index (χ1) is 8.36. The Balaban J connectivity index is 2.11. The second-order valence-electron chi connectivity index (χ2n) is 5.35. The predicted molar refractivity (Wildman–Crippen MR) is 72.5 cm³/mol. The molecule has 0 unspecified atom stereocenters. The number of nitrogens with two attached hydrogens (primary N) is 1. The standard InChI is InChI=1S/C12H19N5S/c1-8(2)11-14-9(7-18-11)5-17-6-10(15-16-17)12(3,4)13/h6-8H,5,13H2,1-4H3. The molecule has 0 saturated carbocycles. The Morgan fingerprint density at radius 2 is 2.17 bits per heavy atom. The molecule has 0 aliphatic rings. The van der Waals surface area contributed by atoms with E-state index < -0.39 is 5.54 Å². The first kappa shape index (κ1) is 13.2. The minimum Gasteiger partial charge on any atom is -0.320 e. The summed E-state index contributed by atoms with van der Waals surface area (Å²) in [5.74, 6) is 0.470. The third-order valence-electron chi connectivity index (χ3n) is 2.59. The summed E-state index contributed by atoms with van der Waals surface area (Å²) in [7, 11) is 0. The van der Waals surface area contributed by atoms with E-state index in [2.05, 4.69) is 34.5 Å². The van der Waals surface area contributed by atoms with Gasteiger partial charge in [-0.1, -0.05) is 19.1 Å². The summed E-state index contributed by atoms with van der Waals surface area (Å²) in [6, 6.07) is 0. The van der Waals surface area contributed by atoms with Gasteiger partial charge >= 0.3 is 0 Å². The van der Waals surface area contributed by atoms with Gasteiger partial charge in [-0.3, -0.25) is 0 Å². The van der Waals surface area contributed by atoms with Gasteiger partial charge in [0.1, 0.15) is 5.69 Å². The summed E-state index contributed by atoms with van der Waals surface area (Å²) < 4.78 is 1.78. The minimum absolute atomic E-state index is 0.455. The summed E-state index contributed by atoms with van der Waals surface area (Å²) >= 11 is 1.69. The van der Waals surface area contributed by atoms with Crippen molar-refractivity contribution in [3.63, 3.8) is 0 Å². The normalized spacial score (nSPS) is 12.3. The maximum absolute atomic E-state index is 5.98. The number of rotatable bonds is 4. The van der Waals surface area contributed by atoms with Gasteiger partial charge in [0.2, 0.25) is 0 Å². The minimum atomic E-state index is -0.455. The van der Waals surface area contributed by atoms with Crippen molar-refractivity contribution >= 4 is 11.3 Å². The lowest BCUT2D eigenvalue weighted by Crippen LogP contribution is -2.29. The molecule has 5 nitrogen and oxygen atoms in total. The fourth-order valence-electron chi connectivity index (χ4n) is 1.50. The SMILES string of the molecule is CC(C)c1nc(Cn2cc(C(C)(C)N)nn2)cs1. The third kappa shape index (κ3) is 2.94.